The summed E-state index contributed by atoms with van der Waals surface area (Å²) in [5.41, 5.74) is 0. The maximum Gasteiger partial charge on any atom is 0.247 e. The van der Waals surface area contributed by atoms with E-state index in [4.69, 9.17) is 0 Å². The minimum absolute atomic E-state index is 0.102. The predicted molar refractivity (Wildman–Crippen MR) is 35.6 cm³/mol. The second-order valence-electron chi connectivity index (χ2n) is 2.25. The highest BCUT2D eigenvalue weighted by atomic mass is 16.2. The van der Waals surface area contributed by atoms with Crippen LogP contribution in [0.1, 0.15) is 6.42 Å². The molecule has 0 spiro atoms. The first-order chi connectivity index (χ1) is 4.25. The summed E-state index contributed by atoms with van der Waals surface area (Å²) in [5, 5.41) is 0. The van der Waals surface area contributed by atoms with E-state index in [1.807, 2.05) is 0 Å². The summed E-state index contributed by atoms with van der Waals surface area (Å²) in [6.07, 6.45) is 0.832. The van der Waals surface area contributed by atoms with Crippen LogP contribution in [0.3, 0.4) is 0 Å². The van der Waals surface area contributed by atoms with Gasteiger partial charge in [-0.2, -0.15) is 0 Å². The maximum atomic E-state index is 10.9. The van der Waals surface area contributed by atoms with Crippen LogP contribution in [-0.2, 0) is 4.79 Å². The zero-order chi connectivity index (χ0) is 6.85. The quantitative estimate of drug-likeness (QED) is 0.452. The molecule has 9 heavy (non-hydrogen) atoms. The minimum Gasteiger partial charge on any atom is -0.344 e. The van der Waals surface area contributed by atoms with Gasteiger partial charge in [0.25, 0.3) is 0 Å². The third kappa shape index (κ3) is 0.943. The minimum atomic E-state index is -0.157. The Kier molecular flexibility index (Phi) is 1.51. The molecule has 0 radical (unpaired) electrons. The first kappa shape index (κ1) is 6.26. The molecule has 1 atom stereocenters. The SMILES string of the molecule is C=NC1CCN(C)C1=O. The highest BCUT2D eigenvalue weighted by Gasteiger charge is 2.26. The molecular weight excluding hydrogens is 116 g/mol. The molecule has 1 amide bonds. The number of nitrogens with zero attached hydrogens (tertiary/aromatic N) is 2. The molecule has 1 saturated heterocycles. The number of hydrogen-bond donors (Lipinski definition) is 0. The topological polar surface area (TPSA) is 32.7 Å². The van der Waals surface area contributed by atoms with E-state index in [-0.39, 0.29) is 11.9 Å². The van der Waals surface area contributed by atoms with Crippen molar-refractivity contribution in [3.63, 3.8) is 0 Å². The van der Waals surface area contributed by atoms with Gasteiger partial charge in [0.15, 0.2) is 0 Å². The van der Waals surface area contributed by atoms with Crippen LogP contribution in [0.4, 0.5) is 0 Å². The van der Waals surface area contributed by atoms with Crippen molar-refractivity contribution < 1.29 is 4.79 Å². The van der Waals surface area contributed by atoms with Crippen molar-refractivity contribution in [1.29, 1.82) is 0 Å². The lowest BCUT2D eigenvalue weighted by Gasteiger charge is -2.05. The molecule has 1 aliphatic heterocycles. The van der Waals surface area contributed by atoms with Crippen molar-refractivity contribution in [2.45, 2.75) is 12.5 Å². The van der Waals surface area contributed by atoms with Crippen molar-refractivity contribution in [2.75, 3.05) is 13.6 Å². The first-order valence-electron chi connectivity index (χ1n) is 2.96. The van der Waals surface area contributed by atoms with E-state index >= 15 is 0 Å². The summed E-state index contributed by atoms with van der Waals surface area (Å²) in [6.45, 7) is 4.15. The lowest BCUT2D eigenvalue weighted by atomic mass is 10.3. The third-order valence-corrected chi connectivity index (χ3v) is 1.62. The number of amides is 1. The fourth-order valence-corrected chi connectivity index (χ4v) is 0.973. The van der Waals surface area contributed by atoms with Crippen molar-refractivity contribution >= 4 is 12.6 Å². The smallest absolute Gasteiger partial charge is 0.247 e. The zero-order valence-corrected chi connectivity index (χ0v) is 5.50. The van der Waals surface area contributed by atoms with E-state index in [9.17, 15) is 4.79 Å². The Bertz CT molecular complexity index is 144. The molecule has 1 aliphatic rings. The Morgan fingerprint density at radius 2 is 2.56 bits per heavy atom. The van der Waals surface area contributed by atoms with Crippen LogP contribution < -0.4 is 0 Å². The average Bonchev–Trinajstić information content (AvgIpc) is 2.15. The zero-order valence-electron chi connectivity index (χ0n) is 5.50. The fourth-order valence-electron chi connectivity index (χ4n) is 0.973. The molecule has 1 rings (SSSR count). The fraction of sp³-hybridized carbons (Fsp3) is 0.667. The predicted octanol–water partition coefficient (Wildman–Crippen LogP) is -0.0823. The Hall–Kier alpha value is -0.860. The van der Waals surface area contributed by atoms with Gasteiger partial charge in [0.2, 0.25) is 5.91 Å². The molecule has 3 heteroatoms. The second kappa shape index (κ2) is 2.17. The van der Waals surface area contributed by atoms with Gasteiger partial charge in [0.1, 0.15) is 6.04 Å². The first-order valence-corrected chi connectivity index (χ1v) is 2.96. The highest BCUT2D eigenvalue weighted by Crippen LogP contribution is 2.10. The Labute approximate surface area is 54.4 Å². The van der Waals surface area contributed by atoms with Crippen LogP contribution >= 0.6 is 0 Å². The van der Waals surface area contributed by atoms with Gasteiger partial charge in [-0.1, -0.05) is 0 Å². The number of likely N-dealkylation sites (N-methyl/N-ethyl adjacent to an activating group) is 1. The van der Waals surface area contributed by atoms with Crippen LogP contribution in [0.2, 0.25) is 0 Å². The molecule has 1 heterocycles. The molecule has 1 fully saturated rings. The molecule has 0 aromatic heterocycles. The molecule has 50 valence electrons. The van der Waals surface area contributed by atoms with Crippen molar-refractivity contribution in [3.8, 4) is 0 Å². The lowest BCUT2D eigenvalue weighted by molar-refractivity contribution is -0.127. The van der Waals surface area contributed by atoms with E-state index in [1.165, 1.54) is 0 Å². The monoisotopic (exact) mass is 126 g/mol. The van der Waals surface area contributed by atoms with Gasteiger partial charge >= 0.3 is 0 Å². The molecule has 3 nitrogen and oxygen atoms in total. The third-order valence-electron chi connectivity index (χ3n) is 1.62. The number of rotatable bonds is 1. The second-order valence-corrected chi connectivity index (χ2v) is 2.25. The van der Waals surface area contributed by atoms with Crippen LogP contribution in [0.25, 0.3) is 0 Å². The molecule has 0 aromatic carbocycles. The maximum absolute atomic E-state index is 10.9. The normalized spacial score (nSPS) is 27.0. The van der Waals surface area contributed by atoms with Crippen molar-refractivity contribution in [2.24, 2.45) is 4.99 Å². The largest absolute Gasteiger partial charge is 0.344 e. The van der Waals surface area contributed by atoms with Gasteiger partial charge in [0, 0.05) is 13.6 Å². The van der Waals surface area contributed by atoms with E-state index in [0.29, 0.717) is 0 Å². The van der Waals surface area contributed by atoms with E-state index in [2.05, 4.69) is 11.7 Å². The summed E-state index contributed by atoms with van der Waals surface area (Å²) in [4.78, 5) is 16.3. The van der Waals surface area contributed by atoms with Crippen LogP contribution in [0.15, 0.2) is 4.99 Å². The number of carbonyl (C=O) groups excluding carboxylic acids is 1. The standard InChI is InChI=1S/C6H10N2O/c1-7-5-3-4-8(2)6(5)9/h5H,1,3-4H2,2H3. The van der Waals surface area contributed by atoms with Crippen LogP contribution in [0.5, 0.6) is 0 Å². The van der Waals surface area contributed by atoms with Gasteiger partial charge in [0.05, 0.1) is 0 Å². The molecule has 0 aliphatic carbocycles. The van der Waals surface area contributed by atoms with Gasteiger partial charge in [-0.25, -0.2) is 0 Å². The van der Waals surface area contributed by atoms with Gasteiger partial charge < -0.3 is 4.90 Å². The number of aliphatic imine (C=N–C) groups is 1. The number of hydrogen-bond acceptors (Lipinski definition) is 2. The molecular formula is C6H10N2O. The van der Waals surface area contributed by atoms with E-state index in [1.54, 1.807) is 11.9 Å². The number of likely N-dealkylation sites (tertiary alicyclic amines) is 1. The summed E-state index contributed by atoms with van der Waals surface area (Å²) in [5.74, 6) is 0.102. The molecule has 0 bridgehead atoms. The highest BCUT2D eigenvalue weighted by molar-refractivity contribution is 5.84. The van der Waals surface area contributed by atoms with Gasteiger partial charge in [-0.3, -0.25) is 9.79 Å². The van der Waals surface area contributed by atoms with Gasteiger partial charge in [-0.15, -0.1) is 0 Å². The van der Waals surface area contributed by atoms with E-state index < -0.39 is 0 Å². The van der Waals surface area contributed by atoms with Crippen LogP contribution in [0, 0.1) is 0 Å². The van der Waals surface area contributed by atoms with Crippen molar-refractivity contribution in [3.05, 3.63) is 0 Å². The molecule has 0 aromatic rings. The Morgan fingerprint density at radius 3 is 2.78 bits per heavy atom. The van der Waals surface area contributed by atoms with E-state index in [0.717, 1.165) is 13.0 Å². The van der Waals surface area contributed by atoms with Crippen molar-refractivity contribution in [1.82, 2.24) is 4.90 Å². The lowest BCUT2D eigenvalue weighted by Crippen LogP contribution is -2.24. The van der Waals surface area contributed by atoms with Crippen LogP contribution in [-0.4, -0.2) is 37.2 Å². The summed E-state index contributed by atoms with van der Waals surface area (Å²) >= 11 is 0. The molecule has 0 N–H and O–H groups in total. The summed E-state index contributed by atoms with van der Waals surface area (Å²) < 4.78 is 0. The molecule has 1 unspecified atom stereocenters. The Balaban J connectivity index is 2.61. The average molecular weight is 126 g/mol. The summed E-state index contributed by atoms with van der Waals surface area (Å²) in [7, 11) is 1.79. The van der Waals surface area contributed by atoms with Gasteiger partial charge in [-0.05, 0) is 13.1 Å². The Morgan fingerprint density at radius 1 is 1.89 bits per heavy atom. The molecule has 0 saturated carbocycles. The summed E-state index contributed by atoms with van der Waals surface area (Å²) in [6, 6.07) is -0.157. The number of carbonyl (C=O) groups is 1.